The van der Waals surface area contributed by atoms with Crippen LogP contribution in [0.2, 0.25) is 0 Å². The molecule has 0 bridgehead atoms. The Labute approximate surface area is 116 Å². The molecule has 1 unspecified atom stereocenters. The topological polar surface area (TPSA) is 78.7 Å². The average molecular weight is 279 g/mol. The van der Waals surface area contributed by atoms with Crippen LogP contribution in [-0.4, -0.2) is 30.2 Å². The number of ether oxygens (including phenoxy) is 2. The molecule has 0 N–H and O–H groups in total. The van der Waals surface area contributed by atoms with Gasteiger partial charge in [-0.15, -0.1) is 0 Å². The fourth-order valence-electron chi connectivity index (χ4n) is 2.17. The van der Waals surface area contributed by atoms with E-state index in [4.69, 9.17) is 9.47 Å². The van der Waals surface area contributed by atoms with Gasteiger partial charge in [0, 0.05) is 18.2 Å². The zero-order valence-corrected chi connectivity index (χ0v) is 11.1. The van der Waals surface area contributed by atoms with Gasteiger partial charge in [0.2, 0.25) is 0 Å². The van der Waals surface area contributed by atoms with Gasteiger partial charge in [0.25, 0.3) is 5.69 Å². The molecule has 1 aliphatic heterocycles. The summed E-state index contributed by atoms with van der Waals surface area (Å²) in [5.41, 5.74) is 0.311. The summed E-state index contributed by atoms with van der Waals surface area (Å²) in [6, 6.07) is 6.19. The Morgan fingerprint density at radius 3 is 2.90 bits per heavy atom. The minimum Gasteiger partial charge on any atom is -0.463 e. The first-order chi connectivity index (χ1) is 9.66. The maximum absolute atomic E-state index is 11.7. The highest BCUT2D eigenvalue weighted by molar-refractivity contribution is 5.74. The molecule has 0 amide bonds. The molecule has 0 radical (unpaired) electrons. The fraction of sp³-hybridized carbons (Fsp3) is 0.500. The minimum absolute atomic E-state index is 0.0431. The summed E-state index contributed by atoms with van der Waals surface area (Å²) in [6.07, 6.45) is 2.87. The molecule has 1 fully saturated rings. The maximum Gasteiger partial charge on any atom is 0.310 e. The zero-order valence-electron chi connectivity index (χ0n) is 11.1. The number of rotatable bonds is 5. The van der Waals surface area contributed by atoms with Gasteiger partial charge < -0.3 is 9.47 Å². The van der Waals surface area contributed by atoms with Crippen LogP contribution in [0.4, 0.5) is 5.69 Å². The van der Waals surface area contributed by atoms with Gasteiger partial charge in [-0.2, -0.15) is 0 Å². The zero-order chi connectivity index (χ0) is 14.4. The second kappa shape index (κ2) is 7.00. The van der Waals surface area contributed by atoms with Gasteiger partial charge in [-0.05, 0) is 19.3 Å². The normalized spacial score (nSPS) is 18.5. The maximum atomic E-state index is 11.7. The molecular formula is C14H17NO5. The molecule has 1 heterocycles. The van der Waals surface area contributed by atoms with Gasteiger partial charge >= 0.3 is 5.97 Å². The van der Waals surface area contributed by atoms with Crippen LogP contribution in [0.15, 0.2) is 24.3 Å². The van der Waals surface area contributed by atoms with Crippen molar-refractivity contribution in [3.05, 3.63) is 39.9 Å². The predicted octanol–water partition coefficient (Wildman–Crippen LogP) is 2.25. The van der Waals surface area contributed by atoms with E-state index in [1.54, 1.807) is 18.2 Å². The van der Waals surface area contributed by atoms with Crippen LogP contribution in [-0.2, 0) is 20.7 Å². The van der Waals surface area contributed by atoms with E-state index in [9.17, 15) is 14.9 Å². The SMILES string of the molecule is O=C(Cc1ccccc1[N+](=O)[O-])OCC1CCCCO1. The van der Waals surface area contributed by atoms with Crippen LogP contribution in [0.25, 0.3) is 0 Å². The van der Waals surface area contributed by atoms with E-state index in [1.165, 1.54) is 6.07 Å². The number of nitrogens with zero attached hydrogens (tertiary/aromatic N) is 1. The number of hydrogen-bond acceptors (Lipinski definition) is 5. The number of esters is 1. The van der Waals surface area contributed by atoms with Crippen molar-refractivity contribution < 1.29 is 19.2 Å². The van der Waals surface area contributed by atoms with Gasteiger partial charge in [-0.1, -0.05) is 18.2 Å². The molecule has 0 saturated carbocycles. The lowest BCUT2D eigenvalue weighted by Gasteiger charge is -2.22. The molecule has 1 aliphatic rings. The molecule has 0 aliphatic carbocycles. The lowest BCUT2D eigenvalue weighted by Crippen LogP contribution is -2.26. The van der Waals surface area contributed by atoms with Gasteiger partial charge in [0.1, 0.15) is 6.61 Å². The highest BCUT2D eigenvalue weighted by Gasteiger charge is 2.19. The van der Waals surface area contributed by atoms with E-state index < -0.39 is 10.9 Å². The van der Waals surface area contributed by atoms with Crippen LogP contribution in [0.5, 0.6) is 0 Å². The van der Waals surface area contributed by atoms with E-state index >= 15 is 0 Å². The van der Waals surface area contributed by atoms with E-state index in [-0.39, 0.29) is 24.8 Å². The summed E-state index contributed by atoms with van der Waals surface area (Å²) in [4.78, 5) is 22.1. The highest BCUT2D eigenvalue weighted by atomic mass is 16.6. The van der Waals surface area contributed by atoms with Crippen molar-refractivity contribution in [2.24, 2.45) is 0 Å². The molecule has 1 saturated heterocycles. The third-order valence-electron chi connectivity index (χ3n) is 3.23. The van der Waals surface area contributed by atoms with Crippen molar-refractivity contribution in [1.29, 1.82) is 0 Å². The van der Waals surface area contributed by atoms with E-state index in [2.05, 4.69) is 0 Å². The third kappa shape index (κ3) is 4.03. The Morgan fingerprint density at radius 2 is 2.20 bits per heavy atom. The average Bonchev–Trinajstić information content (AvgIpc) is 2.46. The smallest absolute Gasteiger partial charge is 0.310 e. The number of para-hydroxylation sites is 1. The quantitative estimate of drug-likeness (QED) is 0.469. The van der Waals surface area contributed by atoms with Crippen LogP contribution < -0.4 is 0 Å². The first kappa shape index (κ1) is 14.5. The standard InChI is InChI=1S/C14H17NO5/c16-14(20-10-12-6-3-4-8-19-12)9-11-5-1-2-7-13(11)15(17)18/h1-2,5,7,12H,3-4,6,8-10H2. The molecule has 108 valence electrons. The van der Waals surface area contributed by atoms with Gasteiger partial charge in [0.15, 0.2) is 0 Å². The Kier molecular flexibility index (Phi) is 5.06. The number of carbonyl (C=O) groups excluding carboxylic acids is 1. The highest BCUT2D eigenvalue weighted by Crippen LogP contribution is 2.19. The van der Waals surface area contributed by atoms with Gasteiger partial charge in [-0.25, -0.2) is 0 Å². The van der Waals surface area contributed by atoms with Crippen molar-refractivity contribution in [3.8, 4) is 0 Å². The first-order valence-electron chi connectivity index (χ1n) is 6.66. The van der Waals surface area contributed by atoms with Crippen molar-refractivity contribution in [2.45, 2.75) is 31.8 Å². The molecule has 0 spiro atoms. The lowest BCUT2D eigenvalue weighted by atomic mass is 10.1. The number of carbonyl (C=O) groups is 1. The Bertz CT molecular complexity index is 482. The molecule has 6 nitrogen and oxygen atoms in total. The number of nitro benzene ring substituents is 1. The molecule has 6 heteroatoms. The number of hydrogen-bond donors (Lipinski definition) is 0. The summed E-state index contributed by atoms with van der Waals surface area (Å²) in [6.45, 7) is 0.922. The van der Waals surface area contributed by atoms with Gasteiger partial charge in [0.05, 0.1) is 17.4 Å². The third-order valence-corrected chi connectivity index (χ3v) is 3.23. The fourth-order valence-corrected chi connectivity index (χ4v) is 2.17. The Balaban J connectivity index is 1.86. The monoisotopic (exact) mass is 279 g/mol. The lowest BCUT2D eigenvalue weighted by molar-refractivity contribution is -0.385. The van der Waals surface area contributed by atoms with E-state index in [1.807, 2.05) is 0 Å². The van der Waals surface area contributed by atoms with Crippen molar-refractivity contribution in [1.82, 2.24) is 0 Å². The van der Waals surface area contributed by atoms with E-state index in [0.29, 0.717) is 12.2 Å². The summed E-state index contributed by atoms with van der Waals surface area (Å²) in [5.74, 6) is -0.464. The van der Waals surface area contributed by atoms with Crippen molar-refractivity contribution in [3.63, 3.8) is 0 Å². The van der Waals surface area contributed by atoms with Crippen molar-refractivity contribution in [2.75, 3.05) is 13.2 Å². The predicted molar refractivity (Wildman–Crippen MR) is 71.4 cm³/mol. The molecule has 1 aromatic rings. The van der Waals surface area contributed by atoms with Crippen LogP contribution >= 0.6 is 0 Å². The van der Waals surface area contributed by atoms with Crippen LogP contribution in [0.1, 0.15) is 24.8 Å². The number of benzene rings is 1. The second-order valence-electron chi connectivity index (χ2n) is 4.73. The van der Waals surface area contributed by atoms with Crippen LogP contribution in [0.3, 0.4) is 0 Å². The Morgan fingerprint density at radius 1 is 1.40 bits per heavy atom. The minimum atomic E-state index is -0.493. The molecule has 1 atom stereocenters. The number of nitro groups is 1. The summed E-state index contributed by atoms with van der Waals surface area (Å²) < 4.78 is 10.6. The molecular weight excluding hydrogens is 262 g/mol. The largest absolute Gasteiger partial charge is 0.463 e. The molecule has 2 rings (SSSR count). The summed E-state index contributed by atoms with van der Waals surface area (Å²) in [5, 5.41) is 10.8. The van der Waals surface area contributed by atoms with Crippen LogP contribution in [0, 0.1) is 10.1 Å². The molecule has 0 aromatic heterocycles. The second-order valence-corrected chi connectivity index (χ2v) is 4.73. The van der Waals surface area contributed by atoms with Gasteiger partial charge in [-0.3, -0.25) is 14.9 Å². The first-order valence-corrected chi connectivity index (χ1v) is 6.66. The Hall–Kier alpha value is -1.95. The van der Waals surface area contributed by atoms with E-state index in [0.717, 1.165) is 19.3 Å². The summed E-state index contributed by atoms with van der Waals surface area (Å²) in [7, 11) is 0. The molecule has 20 heavy (non-hydrogen) atoms. The molecule has 1 aromatic carbocycles. The summed E-state index contributed by atoms with van der Waals surface area (Å²) >= 11 is 0. The van der Waals surface area contributed by atoms with Crippen molar-refractivity contribution >= 4 is 11.7 Å².